The van der Waals surface area contributed by atoms with Gasteiger partial charge in [-0.2, -0.15) is 8.78 Å². The van der Waals surface area contributed by atoms with Crippen molar-refractivity contribution in [2.75, 3.05) is 6.61 Å². The van der Waals surface area contributed by atoms with Crippen LogP contribution in [-0.4, -0.2) is 39.2 Å². The van der Waals surface area contributed by atoms with Gasteiger partial charge in [0.25, 0.3) is 0 Å². The van der Waals surface area contributed by atoms with Gasteiger partial charge in [-0.05, 0) is 43.9 Å². The maximum absolute atomic E-state index is 13.4. The Kier molecular flexibility index (Phi) is 4.24. The molecule has 0 aliphatic heterocycles. The van der Waals surface area contributed by atoms with Crippen LogP contribution in [0.1, 0.15) is 38.5 Å². The molecule has 4 bridgehead atoms. The predicted molar refractivity (Wildman–Crippen MR) is 70.7 cm³/mol. The number of ether oxygens (including phenoxy) is 1. The normalized spacial score (nSPS) is 40.2. The Balaban J connectivity index is 1.60. The summed E-state index contributed by atoms with van der Waals surface area (Å²) >= 11 is -0.581. The molecular weight excluding hydrogens is 322 g/mol. The van der Waals surface area contributed by atoms with Gasteiger partial charge in [0.05, 0.1) is 11.2 Å². The first-order valence-electron chi connectivity index (χ1n) is 7.19. The number of carbonyl (C=O) groups excluding carboxylic acids is 1. The first kappa shape index (κ1) is 16.5. The Labute approximate surface area is 130 Å². The number of halogens is 2. The molecule has 0 spiro atoms. The maximum Gasteiger partial charge on any atom is 0.380 e. The zero-order valence-corrected chi connectivity index (χ0v) is 12.6. The van der Waals surface area contributed by atoms with Crippen LogP contribution in [0.5, 0.6) is 0 Å². The van der Waals surface area contributed by atoms with Gasteiger partial charge < -0.3 is 9.84 Å². The summed E-state index contributed by atoms with van der Waals surface area (Å²) in [6.07, 6.45) is 4.30. The Bertz CT molecular complexity index is 446. The van der Waals surface area contributed by atoms with Crippen molar-refractivity contribution < 1.29 is 38.0 Å². The van der Waals surface area contributed by atoms with Crippen molar-refractivity contribution in [3.63, 3.8) is 0 Å². The third kappa shape index (κ3) is 3.15. The number of Topliss-reactive ketones (excluding diaryl/α,β-unsaturated/α-hetero) is 1. The van der Waals surface area contributed by atoms with Crippen molar-refractivity contribution in [2.45, 2.75) is 55.0 Å². The number of hydrogen-bond acceptors (Lipinski definition) is 7. The summed E-state index contributed by atoms with van der Waals surface area (Å²) < 4.78 is 36.0. The fraction of sp³-hybridized carbons (Fsp3) is 0.923. The second-order valence-corrected chi connectivity index (χ2v) is 7.64. The summed E-state index contributed by atoms with van der Waals surface area (Å²) in [6.45, 7) is -0.760. The van der Waals surface area contributed by atoms with Crippen molar-refractivity contribution >= 4 is 17.8 Å². The van der Waals surface area contributed by atoms with E-state index >= 15 is 0 Å². The molecule has 0 aromatic carbocycles. The Morgan fingerprint density at radius 3 is 2.45 bits per heavy atom. The van der Waals surface area contributed by atoms with E-state index in [9.17, 15) is 18.7 Å². The van der Waals surface area contributed by atoms with Gasteiger partial charge in [0.1, 0.15) is 18.6 Å². The van der Waals surface area contributed by atoms with Gasteiger partial charge in [0.2, 0.25) is 5.78 Å². The van der Waals surface area contributed by atoms with Gasteiger partial charge in [-0.15, -0.1) is 4.33 Å². The van der Waals surface area contributed by atoms with Crippen molar-refractivity contribution in [1.29, 1.82) is 0 Å². The third-order valence-electron chi connectivity index (χ3n) is 4.98. The van der Waals surface area contributed by atoms with Crippen LogP contribution in [0, 0.1) is 11.8 Å². The summed E-state index contributed by atoms with van der Waals surface area (Å²) in [6, 6.07) is 0. The molecule has 0 aromatic heterocycles. The monoisotopic (exact) mass is 340 g/mol. The van der Waals surface area contributed by atoms with Crippen LogP contribution in [0.2, 0.25) is 0 Å². The highest BCUT2D eigenvalue weighted by Crippen LogP contribution is 2.58. The Hall–Kier alpha value is -0.320. The quantitative estimate of drug-likeness (QED) is 0.418. The first-order chi connectivity index (χ1) is 10.3. The minimum absolute atomic E-state index is 0.336. The number of alkyl halides is 2. The Morgan fingerprint density at radius 2 is 1.91 bits per heavy atom. The van der Waals surface area contributed by atoms with E-state index in [2.05, 4.69) is 9.37 Å². The van der Waals surface area contributed by atoms with Crippen molar-refractivity contribution in [3.8, 4) is 0 Å². The van der Waals surface area contributed by atoms with Crippen LogP contribution in [0.3, 0.4) is 0 Å². The molecule has 22 heavy (non-hydrogen) atoms. The van der Waals surface area contributed by atoms with Gasteiger partial charge in [-0.1, -0.05) is 5.04 Å². The minimum Gasteiger partial charge on any atom is -0.390 e. The molecule has 4 rings (SSSR count). The summed E-state index contributed by atoms with van der Waals surface area (Å²) in [5, 5.41) is 17.6. The molecule has 4 fully saturated rings. The average molecular weight is 340 g/mol. The molecule has 2 atom stereocenters. The van der Waals surface area contributed by atoms with E-state index in [1.807, 2.05) is 0 Å². The molecule has 4 saturated carbocycles. The van der Waals surface area contributed by atoms with Crippen LogP contribution >= 0.6 is 12.0 Å². The molecule has 6 nitrogen and oxygen atoms in total. The molecule has 9 heteroatoms. The van der Waals surface area contributed by atoms with E-state index in [-0.39, 0.29) is 0 Å². The number of hydrogen-bond donors (Lipinski definition) is 2. The van der Waals surface area contributed by atoms with E-state index in [0.29, 0.717) is 31.1 Å². The Morgan fingerprint density at radius 1 is 1.27 bits per heavy atom. The second kappa shape index (κ2) is 5.64. The van der Waals surface area contributed by atoms with Gasteiger partial charge in [-0.3, -0.25) is 4.79 Å². The van der Waals surface area contributed by atoms with Crippen LogP contribution < -0.4 is 0 Å². The lowest BCUT2D eigenvalue weighted by Gasteiger charge is -2.59. The second-order valence-electron chi connectivity index (χ2n) is 6.82. The molecule has 0 saturated heterocycles. The van der Waals surface area contributed by atoms with E-state index in [1.54, 1.807) is 0 Å². The van der Waals surface area contributed by atoms with Gasteiger partial charge >= 0.3 is 5.25 Å². The SMILES string of the molecule is O=C(COC12CC3CC(CC(O)(C3)C1)C2)C(F)(F)SOOO. The molecular formula is C13H18F2O6S. The van der Waals surface area contributed by atoms with Gasteiger partial charge in [0, 0.05) is 6.42 Å². The van der Waals surface area contributed by atoms with Crippen LogP contribution in [0.15, 0.2) is 0 Å². The first-order valence-corrected chi connectivity index (χ1v) is 7.93. The largest absolute Gasteiger partial charge is 0.390 e. The highest BCUT2D eigenvalue weighted by Gasteiger charge is 2.58. The summed E-state index contributed by atoms with van der Waals surface area (Å²) in [5.74, 6) is -0.790. The van der Waals surface area contributed by atoms with E-state index in [4.69, 9.17) is 9.99 Å². The molecule has 126 valence electrons. The van der Waals surface area contributed by atoms with Crippen LogP contribution in [0.25, 0.3) is 0 Å². The molecule has 2 N–H and O–H groups in total. The fourth-order valence-corrected chi connectivity index (χ4v) is 4.97. The fourth-order valence-electron chi connectivity index (χ4n) is 4.71. The third-order valence-corrected chi connectivity index (χ3v) is 5.55. The predicted octanol–water partition coefficient (Wildman–Crippen LogP) is 2.32. The number of rotatable bonds is 7. The molecule has 0 aromatic rings. The lowest BCUT2D eigenvalue weighted by Crippen LogP contribution is -2.60. The van der Waals surface area contributed by atoms with E-state index in [0.717, 1.165) is 19.3 Å². The molecule has 0 amide bonds. The maximum atomic E-state index is 13.4. The van der Waals surface area contributed by atoms with Gasteiger partial charge in [0.15, 0.2) is 0 Å². The summed E-state index contributed by atoms with van der Waals surface area (Å²) in [4.78, 5) is 11.6. The van der Waals surface area contributed by atoms with Gasteiger partial charge in [-0.25, -0.2) is 5.26 Å². The van der Waals surface area contributed by atoms with E-state index in [1.165, 1.54) is 0 Å². The molecule has 0 radical (unpaired) electrons. The molecule has 2 unspecified atom stereocenters. The van der Waals surface area contributed by atoms with E-state index < -0.39 is 40.9 Å². The topological polar surface area (TPSA) is 85.2 Å². The lowest BCUT2D eigenvalue weighted by molar-refractivity contribution is -0.433. The molecule has 4 aliphatic carbocycles. The highest BCUT2D eigenvalue weighted by molar-refractivity contribution is 7.96. The van der Waals surface area contributed by atoms with Crippen LogP contribution in [0.4, 0.5) is 8.78 Å². The standard InChI is InChI=1S/C13H18F2O6S/c14-13(15,22-21-20-18)10(16)6-19-12-4-8-1-9(5-12)3-11(17,2-8)7-12/h8-9,17-18H,1-7H2. The molecule has 0 heterocycles. The summed E-state index contributed by atoms with van der Waals surface area (Å²) in [7, 11) is 0. The van der Waals surface area contributed by atoms with Crippen molar-refractivity contribution in [3.05, 3.63) is 0 Å². The van der Waals surface area contributed by atoms with Crippen LogP contribution in [-0.2, 0) is 18.9 Å². The number of ketones is 1. The summed E-state index contributed by atoms with van der Waals surface area (Å²) in [5.41, 5.74) is -1.46. The number of aliphatic hydroxyl groups is 1. The molecule has 4 aliphatic rings. The lowest BCUT2D eigenvalue weighted by atomic mass is 9.52. The zero-order chi connectivity index (χ0) is 16.0. The number of carbonyl (C=O) groups is 1. The highest BCUT2D eigenvalue weighted by atomic mass is 32.2. The smallest absolute Gasteiger partial charge is 0.380 e. The van der Waals surface area contributed by atoms with Crippen molar-refractivity contribution in [1.82, 2.24) is 0 Å². The zero-order valence-electron chi connectivity index (χ0n) is 11.8. The minimum atomic E-state index is -3.87. The van der Waals surface area contributed by atoms with Crippen molar-refractivity contribution in [2.24, 2.45) is 11.8 Å². The average Bonchev–Trinajstić information content (AvgIpc) is 2.40.